The minimum atomic E-state index is -0.0547. The number of hydrogen-bond acceptors (Lipinski definition) is 5. The van der Waals surface area contributed by atoms with E-state index in [9.17, 15) is 9.59 Å². The van der Waals surface area contributed by atoms with Gasteiger partial charge in [0.05, 0.1) is 0 Å². The van der Waals surface area contributed by atoms with Gasteiger partial charge in [-0.1, -0.05) is 6.92 Å². The monoisotopic (exact) mass is 309 g/mol. The first kappa shape index (κ1) is 15.7. The van der Waals surface area contributed by atoms with Crippen molar-refractivity contribution in [3.05, 3.63) is 0 Å². The molecule has 3 heterocycles. The van der Waals surface area contributed by atoms with Crippen molar-refractivity contribution in [2.75, 3.05) is 39.3 Å². The van der Waals surface area contributed by atoms with Crippen molar-refractivity contribution in [3.8, 4) is 0 Å². The molecule has 3 aliphatic rings. The summed E-state index contributed by atoms with van der Waals surface area (Å²) in [5.41, 5.74) is 0. The van der Waals surface area contributed by atoms with E-state index in [2.05, 4.69) is 16.7 Å². The van der Waals surface area contributed by atoms with Crippen LogP contribution in [-0.4, -0.2) is 84.0 Å². The Labute approximate surface area is 132 Å². The molecule has 0 aromatic carbocycles. The number of nitrogens with zero attached hydrogens (tertiary/aromatic N) is 3. The van der Waals surface area contributed by atoms with E-state index in [1.54, 1.807) is 6.92 Å². The van der Waals surface area contributed by atoms with Crippen molar-refractivity contribution in [2.24, 2.45) is 5.92 Å². The molecule has 0 saturated carbocycles. The zero-order chi connectivity index (χ0) is 15.9. The smallest absolute Gasteiger partial charge is 0.323 e. The highest BCUT2D eigenvalue weighted by atomic mass is 16.6. The Morgan fingerprint density at radius 3 is 2.32 bits per heavy atom. The minimum absolute atomic E-state index is 0.0472. The van der Waals surface area contributed by atoms with Crippen molar-refractivity contribution in [3.63, 3.8) is 0 Å². The summed E-state index contributed by atoms with van der Waals surface area (Å²) >= 11 is 0. The van der Waals surface area contributed by atoms with Gasteiger partial charge in [0.25, 0.3) is 0 Å². The first-order chi connectivity index (χ1) is 10.5. The molecule has 6 heteroatoms. The fourth-order valence-electron chi connectivity index (χ4n) is 4.12. The molecule has 0 unspecified atom stereocenters. The summed E-state index contributed by atoms with van der Waals surface area (Å²) < 4.78 is 5.30. The number of cyclic esters (lactones) is 1. The van der Waals surface area contributed by atoms with Gasteiger partial charge >= 0.3 is 5.97 Å². The fourth-order valence-corrected chi connectivity index (χ4v) is 4.12. The average molecular weight is 309 g/mol. The Bertz CT molecular complexity index is 448. The van der Waals surface area contributed by atoms with E-state index in [-0.39, 0.29) is 24.0 Å². The van der Waals surface area contributed by atoms with Gasteiger partial charge in [-0.3, -0.25) is 19.4 Å². The predicted octanol–water partition coefficient (Wildman–Crippen LogP) is 0.175. The summed E-state index contributed by atoms with van der Waals surface area (Å²) in [6.07, 6.45) is 0.863. The van der Waals surface area contributed by atoms with Crippen LogP contribution in [0.4, 0.5) is 0 Å². The summed E-state index contributed by atoms with van der Waals surface area (Å²) in [6, 6.07) is 0.429. The molecule has 4 atom stereocenters. The second-order valence-corrected chi connectivity index (χ2v) is 7.04. The zero-order valence-electron chi connectivity index (χ0n) is 13.8. The molecular weight excluding hydrogens is 282 g/mol. The van der Waals surface area contributed by atoms with Gasteiger partial charge in [0.15, 0.2) is 0 Å². The molecule has 0 aromatic rings. The first-order valence-electron chi connectivity index (χ1n) is 8.40. The third-order valence-corrected chi connectivity index (χ3v) is 5.41. The van der Waals surface area contributed by atoms with E-state index < -0.39 is 0 Å². The number of esters is 1. The normalized spacial score (nSPS) is 37.6. The zero-order valence-corrected chi connectivity index (χ0v) is 13.8. The van der Waals surface area contributed by atoms with Gasteiger partial charge in [-0.25, -0.2) is 0 Å². The van der Waals surface area contributed by atoms with Crippen LogP contribution in [0, 0.1) is 5.92 Å². The Balaban J connectivity index is 1.58. The van der Waals surface area contributed by atoms with Crippen LogP contribution in [0.1, 0.15) is 27.2 Å². The van der Waals surface area contributed by atoms with Crippen molar-refractivity contribution >= 4 is 11.9 Å². The average Bonchev–Trinajstić information content (AvgIpc) is 3.01. The molecule has 22 heavy (non-hydrogen) atoms. The molecule has 6 nitrogen and oxygen atoms in total. The Morgan fingerprint density at radius 1 is 1.09 bits per heavy atom. The quantitative estimate of drug-likeness (QED) is 0.681. The Kier molecular flexibility index (Phi) is 4.41. The number of carbonyl (C=O) groups excluding carboxylic acids is 2. The van der Waals surface area contributed by atoms with Crippen LogP contribution in [0.2, 0.25) is 0 Å². The number of piperazine rings is 1. The Hall–Kier alpha value is -1.14. The maximum Gasteiger partial charge on any atom is 0.323 e. The number of likely N-dealkylation sites (tertiary alicyclic amines) is 1. The van der Waals surface area contributed by atoms with Crippen LogP contribution in [0.25, 0.3) is 0 Å². The van der Waals surface area contributed by atoms with Gasteiger partial charge in [0.1, 0.15) is 12.1 Å². The van der Waals surface area contributed by atoms with Crippen molar-refractivity contribution in [1.29, 1.82) is 0 Å². The van der Waals surface area contributed by atoms with E-state index in [0.717, 1.165) is 45.7 Å². The number of ether oxygens (including phenoxy) is 1. The Morgan fingerprint density at radius 2 is 1.77 bits per heavy atom. The van der Waals surface area contributed by atoms with E-state index in [1.165, 1.54) is 0 Å². The van der Waals surface area contributed by atoms with Gasteiger partial charge in [0.2, 0.25) is 5.91 Å². The highest BCUT2D eigenvalue weighted by Crippen LogP contribution is 2.29. The number of carbonyl (C=O) groups is 2. The summed E-state index contributed by atoms with van der Waals surface area (Å²) in [6.45, 7) is 11.3. The lowest BCUT2D eigenvalue weighted by molar-refractivity contribution is -0.144. The van der Waals surface area contributed by atoms with E-state index in [1.807, 2.05) is 11.8 Å². The maximum atomic E-state index is 12.0. The van der Waals surface area contributed by atoms with E-state index in [4.69, 9.17) is 4.74 Å². The molecule has 0 radical (unpaired) electrons. The van der Waals surface area contributed by atoms with Gasteiger partial charge in [-0.05, 0) is 12.8 Å². The molecular formula is C16H27N3O3. The lowest BCUT2D eigenvalue weighted by Gasteiger charge is -2.39. The molecule has 1 amide bonds. The molecule has 0 bridgehead atoms. The molecule has 3 rings (SSSR count). The van der Waals surface area contributed by atoms with E-state index in [0.29, 0.717) is 12.0 Å². The van der Waals surface area contributed by atoms with Gasteiger partial charge in [0, 0.05) is 58.7 Å². The molecule has 3 aliphatic heterocycles. The maximum absolute atomic E-state index is 12.0. The topological polar surface area (TPSA) is 53.1 Å². The van der Waals surface area contributed by atoms with Crippen molar-refractivity contribution in [2.45, 2.75) is 45.4 Å². The number of amides is 1. The lowest BCUT2D eigenvalue weighted by atomic mass is 10.0. The summed E-state index contributed by atoms with van der Waals surface area (Å²) in [5.74, 6) is 0.665. The molecule has 0 spiro atoms. The summed E-state index contributed by atoms with van der Waals surface area (Å²) in [5, 5.41) is 0. The number of hydrogen-bond donors (Lipinski definition) is 0. The third kappa shape index (κ3) is 2.99. The largest absolute Gasteiger partial charge is 0.461 e. The third-order valence-electron chi connectivity index (χ3n) is 5.41. The fraction of sp³-hybridized carbons (Fsp3) is 0.875. The summed E-state index contributed by atoms with van der Waals surface area (Å²) in [7, 11) is 0. The number of rotatable bonds is 2. The molecule has 3 fully saturated rings. The SMILES string of the molecule is CC(=O)N1CCN([C@@H]2CN([C@@H]3C[C@@H](C)OC3=O)C[C@H]2C)CC1. The van der Waals surface area contributed by atoms with Crippen LogP contribution in [0.15, 0.2) is 0 Å². The van der Waals surface area contributed by atoms with Gasteiger partial charge in [-0.15, -0.1) is 0 Å². The van der Waals surface area contributed by atoms with Crippen LogP contribution >= 0.6 is 0 Å². The summed E-state index contributed by atoms with van der Waals surface area (Å²) in [4.78, 5) is 30.1. The molecule has 0 aromatic heterocycles. The predicted molar refractivity (Wildman–Crippen MR) is 82.3 cm³/mol. The first-order valence-corrected chi connectivity index (χ1v) is 8.40. The minimum Gasteiger partial charge on any atom is -0.461 e. The molecule has 3 saturated heterocycles. The van der Waals surface area contributed by atoms with Gasteiger partial charge < -0.3 is 9.64 Å². The molecule has 0 aliphatic carbocycles. The molecule has 0 N–H and O–H groups in total. The van der Waals surface area contributed by atoms with Crippen LogP contribution in [0.3, 0.4) is 0 Å². The standard InChI is InChI=1S/C16H27N3O3/c1-11-9-19(14-8-12(2)22-16(14)21)10-15(11)18-6-4-17(5-7-18)13(3)20/h11-12,14-15H,4-10H2,1-3H3/t11-,12-,14-,15-/m1/s1. The second kappa shape index (κ2) is 6.16. The van der Waals surface area contributed by atoms with E-state index >= 15 is 0 Å². The molecule has 124 valence electrons. The van der Waals surface area contributed by atoms with Crippen molar-refractivity contribution in [1.82, 2.24) is 14.7 Å². The lowest BCUT2D eigenvalue weighted by Crippen LogP contribution is -2.53. The highest BCUT2D eigenvalue weighted by Gasteiger charge is 2.43. The van der Waals surface area contributed by atoms with Crippen LogP contribution in [-0.2, 0) is 14.3 Å². The second-order valence-electron chi connectivity index (χ2n) is 7.04. The highest BCUT2D eigenvalue weighted by molar-refractivity contribution is 5.78. The van der Waals surface area contributed by atoms with Crippen LogP contribution in [0.5, 0.6) is 0 Å². The van der Waals surface area contributed by atoms with Crippen LogP contribution < -0.4 is 0 Å². The van der Waals surface area contributed by atoms with Gasteiger partial charge in [-0.2, -0.15) is 0 Å². The van der Waals surface area contributed by atoms with Crippen molar-refractivity contribution < 1.29 is 14.3 Å².